The number of anilines is 1. The molecule has 0 heterocycles. The number of hydrogen-bond donors (Lipinski definition) is 2. The summed E-state index contributed by atoms with van der Waals surface area (Å²) in [5, 5.41) is 3.35. The molecular weight excluding hydrogens is 339 g/mol. The number of ether oxygens (including phenoxy) is 2. The summed E-state index contributed by atoms with van der Waals surface area (Å²) in [6.45, 7) is 0.826. The van der Waals surface area contributed by atoms with E-state index in [9.17, 15) is 4.79 Å². The number of nitrogens with one attached hydrogen (secondary N) is 1. The Bertz CT molecular complexity index is 514. The fraction of sp³-hybridized carbons (Fsp3) is 0.562. The van der Waals surface area contributed by atoms with Crippen molar-refractivity contribution >= 4 is 35.6 Å². The highest BCUT2D eigenvalue weighted by atomic mass is 35.5. The zero-order valence-electron chi connectivity index (χ0n) is 13.2. The smallest absolute Gasteiger partial charge is 0.224 e. The summed E-state index contributed by atoms with van der Waals surface area (Å²) in [4.78, 5) is 12.2. The molecule has 1 aromatic rings. The van der Waals surface area contributed by atoms with Gasteiger partial charge in [0.1, 0.15) is 6.61 Å². The van der Waals surface area contributed by atoms with Gasteiger partial charge in [0, 0.05) is 19.6 Å². The van der Waals surface area contributed by atoms with E-state index in [2.05, 4.69) is 5.32 Å². The fourth-order valence-corrected chi connectivity index (χ4v) is 2.97. The number of amides is 1. The number of methoxy groups -OCH3 is 1. The van der Waals surface area contributed by atoms with Crippen molar-refractivity contribution < 1.29 is 14.3 Å². The minimum absolute atomic E-state index is 0. The van der Waals surface area contributed by atoms with Crippen LogP contribution in [0, 0.1) is 5.92 Å². The van der Waals surface area contributed by atoms with Gasteiger partial charge in [-0.2, -0.15) is 0 Å². The molecule has 0 aromatic heterocycles. The second kappa shape index (κ2) is 9.98. The third-order valence-electron chi connectivity index (χ3n) is 3.94. The molecule has 0 radical (unpaired) electrons. The van der Waals surface area contributed by atoms with Crippen LogP contribution in [0.15, 0.2) is 18.2 Å². The van der Waals surface area contributed by atoms with Crippen LogP contribution in [-0.2, 0) is 9.53 Å². The highest BCUT2D eigenvalue weighted by molar-refractivity contribution is 6.32. The third kappa shape index (κ3) is 5.84. The zero-order valence-corrected chi connectivity index (χ0v) is 14.8. The molecule has 1 amide bonds. The predicted molar refractivity (Wildman–Crippen MR) is 94.6 cm³/mol. The third-order valence-corrected chi connectivity index (χ3v) is 4.24. The summed E-state index contributed by atoms with van der Waals surface area (Å²) in [7, 11) is 1.60. The minimum Gasteiger partial charge on any atom is -0.487 e. The van der Waals surface area contributed by atoms with Gasteiger partial charge in [0.05, 0.1) is 17.3 Å². The lowest BCUT2D eigenvalue weighted by Crippen LogP contribution is -2.28. The van der Waals surface area contributed by atoms with Crippen molar-refractivity contribution in [1.82, 2.24) is 0 Å². The van der Waals surface area contributed by atoms with Crippen LogP contribution < -0.4 is 15.8 Å². The molecule has 0 spiro atoms. The second-order valence-electron chi connectivity index (χ2n) is 5.56. The molecule has 2 rings (SSSR count). The number of benzene rings is 1. The largest absolute Gasteiger partial charge is 0.487 e. The van der Waals surface area contributed by atoms with Crippen molar-refractivity contribution in [2.24, 2.45) is 11.7 Å². The van der Waals surface area contributed by atoms with Crippen LogP contribution in [0.1, 0.15) is 25.7 Å². The second-order valence-corrected chi connectivity index (χ2v) is 5.97. The Morgan fingerprint density at radius 1 is 1.39 bits per heavy atom. The molecule has 2 atom stereocenters. The predicted octanol–water partition coefficient (Wildman–Crippen LogP) is 3.24. The minimum atomic E-state index is -0.0544. The normalized spacial score (nSPS) is 20.0. The molecule has 1 aliphatic carbocycles. The highest BCUT2D eigenvalue weighted by Gasteiger charge is 2.26. The van der Waals surface area contributed by atoms with Gasteiger partial charge in [-0.1, -0.05) is 24.1 Å². The molecule has 1 fully saturated rings. The van der Waals surface area contributed by atoms with Crippen LogP contribution in [-0.4, -0.2) is 32.3 Å². The molecule has 23 heavy (non-hydrogen) atoms. The Balaban J connectivity index is 0.00000264. The van der Waals surface area contributed by atoms with Crippen LogP contribution in [0.4, 0.5) is 5.69 Å². The molecular formula is C16H24Cl2N2O3. The summed E-state index contributed by atoms with van der Waals surface area (Å²) in [6, 6.07) is 5.41. The van der Waals surface area contributed by atoms with E-state index in [0.29, 0.717) is 36.1 Å². The summed E-state index contributed by atoms with van der Waals surface area (Å²) < 4.78 is 10.6. The lowest BCUT2D eigenvalue weighted by Gasteiger charge is -2.17. The van der Waals surface area contributed by atoms with Crippen LogP contribution in [0.2, 0.25) is 5.02 Å². The molecule has 0 bridgehead atoms. The van der Waals surface area contributed by atoms with Crippen molar-refractivity contribution in [3.8, 4) is 5.75 Å². The van der Waals surface area contributed by atoms with Gasteiger partial charge in [-0.15, -0.1) is 12.4 Å². The Hall–Kier alpha value is -1.01. The van der Waals surface area contributed by atoms with E-state index in [0.717, 1.165) is 19.3 Å². The maximum Gasteiger partial charge on any atom is 0.224 e. The Morgan fingerprint density at radius 3 is 2.83 bits per heavy atom. The maximum atomic E-state index is 12.2. The van der Waals surface area contributed by atoms with E-state index >= 15 is 0 Å². The van der Waals surface area contributed by atoms with Gasteiger partial charge >= 0.3 is 0 Å². The first-order valence-electron chi connectivity index (χ1n) is 7.57. The molecule has 0 saturated heterocycles. The Labute approximate surface area is 148 Å². The van der Waals surface area contributed by atoms with Gasteiger partial charge < -0.3 is 20.5 Å². The van der Waals surface area contributed by atoms with Gasteiger partial charge in [-0.25, -0.2) is 0 Å². The molecule has 1 aliphatic rings. The molecule has 7 heteroatoms. The number of carbonyl (C=O) groups is 1. The molecule has 130 valence electrons. The van der Waals surface area contributed by atoms with E-state index in [-0.39, 0.29) is 30.3 Å². The van der Waals surface area contributed by atoms with E-state index in [1.54, 1.807) is 25.3 Å². The quantitative estimate of drug-likeness (QED) is 0.730. The van der Waals surface area contributed by atoms with E-state index in [1.807, 2.05) is 0 Å². The van der Waals surface area contributed by atoms with Gasteiger partial charge in [0.25, 0.3) is 0 Å². The standard InChI is InChI=1S/C16H23ClN2O3.ClH/c1-21-8-9-22-16-12(17)5-3-7-14(16)19-15(20)10-11-4-2-6-13(11)18;/h3,5,7,11,13H,2,4,6,8-10,18H2,1H3,(H,19,20);1H/t11-,13+;/m0./s1. The number of carbonyl (C=O) groups excluding carboxylic acids is 1. The fourth-order valence-electron chi connectivity index (χ4n) is 2.74. The molecule has 0 unspecified atom stereocenters. The van der Waals surface area contributed by atoms with Crippen LogP contribution in [0.5, 0.6) is 5.75 Å². The zero-order chi connectivity index (χ0) is 15.9. The lowest BCUT2D eigenvalue weighted by molar-refractivity contribution is -0.117. The van der Waals surface area contributed by atoms with Crippen molar-refractivity contribution in [2.75, 3.05) is 25.6 Å². The van der Waals surface area contributed by atoms with Crippen molar-refractivity contribution in [1.29, 1.82) is 0 Å². The molecule has 3 N–H and O–H groups in total. The summed E-state index contributed by atoms with van der Waals surface area (Å²) in [5.41, 5.74) is 6.60. The Kier molecular flexibility index (Phi) is 8.69. The molecule has 0 aliphatic heterocycles. The van der Waals surface area contributed by atoms with Gasteiger partial charge in [0.15, 0.2) is 5.75 Å². The van der Waals surface area contributed by atoms with Crippen molar-refractivity contribution in [3.05, 3.63) is 23.2 Å². The Morgan fingerprint density at radius 2 is 2.17 bits per heavy atom. The molecule has 5 nitrogen and oxygen atoms in total. The lowest BCUT2D eigenvalue weighted by atomic mass is 10.00. The number of nitrogens with two attached hydrogens (primary N) is 1. The highest BCUT2D eigenvalue weighted by Crippen LogP contribution is 2.34. The maximum absolute atomic E-state index is 12.2. The molecule has 1 aromatic carbocycles. The average molecular weight is 363 g/mol. The van der Waals surface area contributed by atoms with E-state index in [4.69, 9.17) is 26.8 Å². The van der Waals surface area contributed by atoms with E-state index in [1.165, 1.54) is 0 Å². The van der Waals surface area contributed by atoms with Crippen molar-refractivity contribution in [2.45, 2.75) is 31.7 Å². The number of halogens is 2. The van der Waals surface area contributed by atoms with Crippen LogP contribution in [0.25, 0.3) is 0 Å². The summed E-state index contributed by atoms with van der Waals surface area (Å²) in [5.74, 6) is 0.684. The number of hydrogen-bond acceptors (Lipinski definition) is 4. The topological polar surface area (TPSA) is 73.6 Å². The summed E-state index contributed by atoms with van der Waals surface area (Å²) >= 11 is 6.15. The average Bonchev–Trinajstić information content (AvgIpc) is 2.87. The van der Waals surface area contributed by atoms with Gasteiger partial charge in [-0.3, -0.25) is 4.79 Å². The SMILES string of the molecule is COCCOc1c(Cl)cccc1NC(=O)C[C@@H]1CCC[C@H]1N.Cl. The van der Waals surface area contributed by atoms with Crippen LogP contribution in [0.3, 0.4) is 0 Å². The van der Waals surface area contributed by atoms with Crippen molar-refractivity contribution in [3.63, 3.8) is 0 Å². The van der Waals surface area contributed by atoms with Gasteiger partial charge in [0.2, 0.25) is 5.91 Å². The first-order valence-corrected chi connectivity index (χ1v) is 7.95. The van der Waals surface area contributed by atoms with E-state index < -0.39 is 0 Å². The van der Waals surface area contributed by atoms with Gasteiger partial charge in [-0.05, 0) is 30.9 Å². The monoisotopic (exact) mass is 362 g/mol. The molecule has 1 saturated carbocycles. The van der Waals surface area contributed by atoms with Crippen LogP contribution >= 0.6 is 24.0 Å². The summed E-state index contributed by atoms with van der Waals surface area (Å²) in [6.07, 6.45) is 3.55. The number of para-hydroxylation sites is 1. The first kappa shape index (κ1) is 20.0. The number of rotatable bonds is 7. The first-order chi connectivity index (χ1) is 10.6.